The molecule has 1 amide bonds. The molecule has 1 aliphatic heterocycles. The monoisotopic (exact) mass is 315 g/mol. The van der Waals surface area contributed by atoms with Gasteiger partial charge in [0.2, 0.25) is 0 Å². The maximum atomic E-state index is 11.9. The number of amidine groups is 1. The fraction of sp³-hybridized carbons (Fsp3) is 0. The Hall–Kier alpha value is -2.11. The van der Waals surface area contributed by atoms with Crippen molar-refractivity contribution in [3.05, 3.63) is 64.3 Å². The molecule has 1 aliphatic rings. The van der Waals surface area contributed by atoms with Crippen LogP contribution in [0, 0.1) is 0 Å². The smallest absolute Gasteiger partial charge is 0.264 e. The summed E-state index contributed by atoms with van der Waals surface area (Å²) in [5, 5.41) is 3.88. The summed E-state index contributed by atoms with van der Waals surface area (Å²) < 4.78 is 0. The summed E-state index contributed by atoms with van der Waals surface area (Å²) in [6.45, 7) is 0. The number of rotatable bonds is 2. The Balaban J connectivity index is 1.83. The molecule has 0 unspecified atom stereocenters. The Morgan fingerprint density at radius 2 is 2.19 bits per heavy atom. The molecule has 2 heterocycles. The average molecular weight is 316 g/mol. The molecular weight excluding hydrogens is 306 g/mol. The molecule has 1 aromatic heterocycles. The third-order valence-corrected chi connectivity index (χ3v) is 3.82. The van der Waals surface area contributed by atoms with E-state index in [0.29, 0.717) is 20.8 Å². The Bertz CT molecular complexity index is 744. The largest absolute Gasteiger partial charge is 0.300 e. The lowest BCUT2D eigenvalue weighted by Crippen LogP contribution is -2.19. The van der Waals surface area contributed by atoms with Crippen molar-refractivity contribution in [2.24, 2.45) is 4.99 Å². The van der Waals surface area contributed by atoms with E-state index in [1.165, 1.54) is 11.8 Å². The molecule has 0 spiro atoms. The van der Waals surface area contributed by atoms with Gasteiger partial charge in [0.1, 0.15) is 0 Å². The van der Waals surface area contributed by atoms with Crippen LogP contribution >= 0.6 is 23.4 Å². The second kappa shape index (κ2) is 6.11. The molecule has 1 aromatic carbocycles. The van der Waals surface area contributed by atoms with Crippen LogP contribution in [0.2, 0.25) is 5.02 Å². The summed E-state index contributed by atoms with van der Waals surface area (Å²) in [4.78, 5) is 20.9. The van der Waals surface area contributed by atoms with Crippen molar-refractivity contribution >= 4 is 46.2 Å². The normalized spacial score (nSPS) is 18.2. The van der Waals surface area contributed by atoms with E-state index in [1.54, 1.807) is 30.6 Å². The fourth-order valence-electron chi connectivity index (χ4n) is 1.76. The number of thioether (sulfide) groups is 1. The highest BCUT2D eigenvalue weighted by molar-refractivity contribution is 8.18. The highest BCUT2D eigenvalue weighted by Crippen LogP contribution is 2.28. The zero-order valence-electron chi connectivity index (χ0n) is 10.8. The minimum atomic E-state index is -0.162. The molecule has 21 heavy (non-hydrogen) atoms. The molecule has 1 saturated heterocycles. The van der Waals surface area contributed by atoms with Crippen molar-refractivity contribution in [3.8, 4) is 0 Å². The quantitative estimate of drug-likeness (QED) is 0.861. The number of carbonyl (C=O) groups is 1. The summed E-state index contributed by atoms with van der Waals surface area (Å²) in [5.74, 6) is -0.162. The van der Waals surface area contributed by atoms with Gasteiger partial charge in [-0.05, 0) is 47.7 Å². The van der Waals surface area contributed by atoms with Gasteiger partial charge in [-0.1, -0.05) is 23.7 Å². The number of benzene rings is 1. The van der Waals surface area contributed by atoms with Gasteiger partial charge in [-0.2, -0.15) is 0 Å². The van der Waals surface area contributed by atoms with E-state index in [2.05, 4.69) is 15.3 Å². The Morgan fingerprint density at radius 3 is 2.95 bits per heavy atom. The number of aliphatic imine (C=N–C) groups is 1. The predicted molar refractivity (Wildman–Crippen MR) is 86.5 cm³/mol. The summed E-state index contributed by atoms with van der Waals surface area (Å²) in [6.07, 6.45) is 5.18. The molecule has 1 N–H and O–H groups in total. The fourth-order valence-corrected chi connectivity index (χ4v) is 2.78. The second-order valence-electron chi connectivity index (χ2n) is 4.25. The number of nitrogens with one attached hydrogen (secondary N) is 1. The van der Waals surface area contributed by atoms with Crippen LogP contribution < -0.4 is 5.32 Å². The van der Waals surface area contributed by atoms with Crippen LogP contribution in [-0.4, -0.2) is 16.1 Å². The number of aromatic nitrogens is 1. The molecule has 0 atom stereocenters. The summed E-state index contributed by atoms with van der Waals surface area (Å²) in [5.41, 5.74) is 1.58. The summed E-state index contributed by atoms with van der Waals surface area (Å²) >= 11 is 7.21. The predicted octanol–water partition coefficient (Wildman–Crippen LogP) is 3.63. The van der Waals surface area contributed by atoms with Crippen LogP contribution in [0.5, 0.6) is 0 Å². The van der Waals surface area contributed by atoms with Crippen molar-refractivity contribution < 1.29 is 4.79 Å². The Labute approximate surface area is 131 Å². The minimum absolute atomic E-state index is 0.162. The third-order valence-electron chi connectivity index (χ3n) is 2.67. The van der Waals surface area contributed by atoms with Crippen LogP contribution in [0.1, 0.15) is 5.56 Å². The Kier molecular flexibility index (Phi) is 4.03. The molecule has 6 heteroatoms. The molecule has 4 nitrogen and oxygen atoms in total. The second-order valence-corrected chi connectivity index (χ2v) is 5.72. The van der Waals surface area contributed by atoms with E-state index in [1.807, 2.05) is 24.3 Å². The van der Waals surface area contributed by atoms with E-state index in [9.17, 15) is 4.79 Å². The molecule has 104 valence electrons. The summed E-state index contributed by atoms with van der Waals surface area (Å²) in [7, 11) is 0. The van der Waals surface area contributed by atoms with Gasteiger partial charge >= 0.3 is 0 Å². The molecule has 2 aromatic rings. The van der Waals surface area contributed by atoms with Gasteiger partial charge in [0.05, 0.1) is 10.6 Å². The first-order valence-electron chi connectivity index (χ1n) is 6.16. The third kappa shape index (κ3) is 3.51. The lowest BCUT2D eigenvalue weighted by Gasteiger charge is -1.96. The van der Waals surface area contributed by atoms with Gasteiger partial charge in [-0.25, -0.2) is 4.99 Å². The zero-order chi connectivity index (χ0) is 14.7. The molecule has 0 bridgehead atoms. The van der Waals surface area contributed by atoms with Crippen LogP contribution in [0.15, 0.2) is 58.7 Å². The average Bonchev–Trinajstić information content (AvgIpc) is 2.80. The van der Waals surface area contributed by atoms with E-state index in [4.69, 9.17) is 11.6 Å². The number of amides is 1. The van der Waals surface area contributed by atoms with E-state index in [-0.39, 0.29) is 5.91 Å². The zero-order valence-corrected chi connectivity index (χ0v) is 12.4. The first-order chi connectivity index (χ1) is 10.2. The summed E-state index contributed by atoms with van der Waals surface area (Å²) in [6, 6.07) is 10.9. The SMILES string of the molecule is O=C1NC(=Nc2cccc(Cl)c2)SC1=Cc1cccnc1. The van der Waals surface area contributed by atoms with Gasteiger partial charge in [-0.3, -0.25) is 9.78 Å². The van der Waals surface area contributed by atoms with Crippen LogP contribution in [0.3, 0.4) is 0 Å². The number of halogens is 1. The van der Waals surface area contributed by atoms with Crippen molar-refractivity contribution in [3.63, 3.8) is 0 Å². The standard InChI is InChI=1S/C15H10ClN3OS/c16-11-4-1-5-12(8-11)18-15-19-14(20)13(21-15)7-10-3-2-6-17-9-10/h1-9H,(H,18,19,20). The lowest BCUT2D eigenvalue weighted by atomic mass is 10.2. The van der Waals surface area contributed by atoms with Crippen LogP contribution in [-0.2, 0) is 4.79 Å². The van der Waals surface area contributed by atoms with Gasteiger partial charge < -0.3 is 5.32 Å². The van der Waals surface area contributed by atoms with Gasteiger partial charge in [-0.15, -0.1) is 0 Å². The molecule has 3 rings (SSSR count). The maximum Gasteiger partial charge on any atom is 0.264 e. The number of carbonyl (C=O) groups excluding carboxylic acids is 1. The van der Waals surface area contributed by atoms with E-state index in [0.717, 1.165) is 5.56 Å². The number of nitrogens with zero attached hydrogens (tertiary/aromatic N) is 2. The van der Waals surface area contributed by atoms with E-state index >= 15 is 0 Å². The lowest BCUT2D eigenvalue weighted by molar-refractivity contribution is -0.115. The Morgan fingerprint density at radius 1 is 1.29 bits per heavy atom. The molecule has 0 saturated carbocycles. The molecule has 0 radical (unpaired) electrons. The van der Waals surface area contributed by atoms with Gasteiger partial charge in [0.15, 0.2) is 5.17 Å². The number of hydrogen-bond acceptors (Lipinski definition) is 4. The van der Waals surface area contributed by atoms with Gasteiger partial charge in [0, 0.05) is 17.4 Å². The topological polar surface area (TPSA) is 54.4 Å². The molecule has 0 aliphatic carbocycles. The van der Waals surface area contributed by atoms with Crippen molar-refractivity contribution in [2.75, 3.05) is 0 Å². The first-order valence-corrected chi connectivity index (χ1v) is 7.35. The highest BCUT2D eigenvalue weighted by atomic mass is 35.5. The number of hydrogen-bond donors (Lipinski definition) is 1. The van der Waals surface area contributed by atoms with E-state index < -0.39 is 0 Å². The van der Waals surface area contributed by atoms with Crippen molar-refractivity contribution in [1.29, 1.82) is 0 Å². The van der Waals surface area contributed by atoms with Crippen molar-refractivity contribution in [2.45, 2.75) is 0 Å². The minimum Gasteiger partial charge on any atom is -0.300 e. The number of pyridine rings is 1. The first kappa shape index (κ1) is 13.9. The van der Waals surface area contributed by atoms with Crippen LogP contribution in [0.25, 0.3) is 6.08 Å². The molecule has 1 fully saturated rings. The maximum absolute atomic E-state index is 11.9. The van der Waals surface area contributed by atoms with Crippen molar-refractivity contribution in [1.82, 2.24) is 10.3 Å². The van der Waals surface area contributed by atoms with Gasteiger partial charge in [0.25, 0.3) is 5.91 Å². The highest BCUT2D eigenvalue weighted by Gasteiger charge is 2.23. The molecular formula is C15H10ClN3OS. The van der Waals surface area contributed by atoms with Crippen LogP contribution in [0.4, 0.5) is 5.69 Å².